The molecule has 0 unspecified atom stereocenters. The van der Waals surface area contributed by atoms with Crippen molar-refractivity contribution in [2.24, 2.45) is 0 Å². The summed E-state index contributed by atoms with van der Waals surface area (Å²) in [6.45, 7) is 0. The summed E-state index contributed by atoms with van der Waals surface area (Å²) in [7, 11) is 0. The Bertz CT molecular complexity index is 604. The van der Waals surface area contributed by atoms with E-state index in [0.717, 1.165) is 4.47 Å². The summed E-state index contributed by atoms with van der Waals surface area (Å²) >= 11 is 9.31. The van der Waals surface area contributed by atoms with Gasteiger partial charge in [-0.05, 0) is 30.3 Å². The third kappa shape index (κ3) is 3.00. The lowest BCUT2D eigenvalue weighted by molar-refractivity contribution is 0.102. The summed E-state index contributed by atoms with van der Waals surface area (Å²) in [6.07, 6.45) is 1.48. The highest BCUT2D eigenvalue weighted by Gasteiger charge is 2.09. The Balaban J connectivity index is 2.21. The fraction of sp³-hybridized carbons (Fsp3) is 0. The molecule has 4 nitrogen and oxygen atoms in total. The second-order valence-corrected chi connectivity index (χ2v) is 4.87. The van der Waals surface area contributed by atoms with Gasteiger partial charge in [0.05, 0.1) is 10.7 Å². The van der Waals surface area contributed by atoms with Gasteiger partial charge in [0.15, 0.2) is 0 Å². The van der Waals surface area contributed by atoms with Gasteiger partial charge in [-0.25, -0.2) is 4.98 Å². The number of hydrogen-bond acceptors (Lipinski definition) is 3. The molecule has 92 valence electrons. The minimum atomic E-state index is -0.284. The molecular weight excluding hydrogens is 318 g/mol. The van der Waals surface area contributed by atoms with Crippen molar-refractivity contribution in [2.45, 2.75) is 0 Å². The number of pyridine rings is 1. The molecule has 0 saturated heterocycles. The maximum Gasteiger partial charge on any atom is 0.255 e. The third-order valence-corrected chi connectivity index (χ3v) is 3.03. The molecule has 6 heteroatoms. The van der Waals surface area contributed by atoms with Gasteiger partial charge >= 0.3 is 0 Å². The molecule has 0 bridgehead atoms. The minimum Gasteiger partial charge on any atom is -0.384 e. The number of nitrogens with two attached hydrogens (primary N) is 1. The van der Waals surface area contributed by atoms with Crippen LogP contribution in [0.15, 0.2) is 41.0 Å². The van der Waals surface area contributed by atoms with Crippen molar-refractivity contribution < 1.29 is 4.79 Å². The average molecular weight is 327 g/mol. The second kappa shape index (κ2) is 5.37. The highest BCUT2D eigenvalue weighted by atomic mass is 79.9. The number of halogens is 2. The number of aromatic nitrogens is 1. The van der Waals surface area contributed by atoms with Crippen LogP contribution in [0.2, 0.25) is 5.02 Å². The van der Waals surface area contributed by atoms with Gasteiger partial charge < -0.3 is 11.1 Å². The average Bonchev–Trinajstić information content (AvgIpc) is 2.32. The Hall–Kier alpha value is -1.59. The Morgan fingerprint density at radius 1 is 1.33 bits per heavy atom. The summed E-state index contributed by atoms with van der Waals surface area (Å²) < 4.78 is 0.846. The van der Waals surface area contributed by atoms with E-state index >= 15 is 0 Å². The van der Waals surface area contributed by atoms with Crippen LogP contribution in [0, 0.1) is 0 Å². The summed E-state index contributed by atoms with van der Waals surface area (Å²) in [5.41, 5.74) is 6.49. The van der Waals surface area contributed by atoms with E-state index in [1.54, 1.807) is 24.3 Å². The second-order valence-electron chi connectivity index (χ2n) is 3.55. The van der Waals surface area contributed by atoms with Gasteiger partial charge in [0.1, 0.15) is 5.82 Å². The first-order valence-corrected chi connectivity index (χ1v) is 6.21. The smallest absolute Gasteiger partial charge is 0.255 e. The molecule has 0 aliphatic carbocycles. The highest BCUT2D eigenvalue weighted by molar-refractivity contribution is 9.10. The molecule has 18 heavy (non-hydrogen) atoms. The van der Waals surface area contributed by atoms with Gasteiger partial charge in [-0.1, -0.05) is 27.5 Å². The van der Waals surface area contributed by atoms with Crippen molar-refractivity contribution >= 4 is 44.9 Å². The number of rotatable bonds is 2. The first-order chi connectivity index (χ1) is 8.56. The number of benzene rings is 1. The Labute approximate surface area is 117 Å². The Morgan fingerprint density at radius 3 is 2.78 bits per heavy atom. The lowest BCUT2D eigenvalue weighted by Crippen LogP contribution is -2.12. The molecule has 2 aromatic rings. The van der Waals surface area contributed by atoms with Crippen LogP contribution in [0.25, 0.3) is 0 Å². The molecule has 0 aliphatic heterocycles. The maximum atomic E-state index is 11.9. The predicted molar refractivity (Wildman–Crippen MR) is 75.8 cm³/mol. The van der Waals surface area contributed by atoms with E-state index in [0.29, 0.717) is 22.1 Å². The van der Waals surface area contributed by atoms with E-state index in [-0.39, 0.29) is 5.91 Å². The number of nitrogens with one attached hydrogen (secondary N) is 1. The number of anilines is 2. The number of nitrogen functional groups attached to an aromatic ring is 1. The number of nitrogens with zero attached hydrogens (tertiary/aromatic N) is 1. The quantitative estimate of drug-likeness (QED) is 0.889. The largest absolute Gasteiger partial charge is 0.384 e. The van der Waals surface area contributed by atoms with Crippen LogP contribution in [0.5, 0.6) is 0 Å². The number of carbonyl (C=O) groups excluding carboxylic acids is 1. The van der Waals surface area contributed by atoms with Crippen molar-refractivity contribution in [1.29, 1.82) is 0 Å². The lowest BCUT2D eigenvalue weighted by atomic mass is 10.2. The van der Waals surface area contributed by atoms with Crippen molar-refractivity contribution in [2.75, 3.05) is 11.1 Å². The van der Waals surface area contributed by atoms with E-state index in [1.807, 2.05) is 0 Å². The van der Waals surface area contributed by atoms with Gasteiger partial charge in [0.25, 0.3) is 5.91 Å². The zero-order chi connectivity index (χ0) is 13.1. The normalized spacial score (nSPS) is 10.1. The van der Waals surface area contributed by atoms with Gasteiger partial charge in [0, 0.05) is 16.2 Å². The fourth-order valence-electron chi connectivity index (χ4n) is 1.37. The van der Waals surface area contributed by atoms with Crippen LogP contribution in [0.4, 0.5) is 11.5 Å². The maximum absolute atomic E-state index is 11.9. The van der Waals surface area contributed by atoms with E-state index in [4.69, 9.17) is 17.3 Å². The monoisotopic (exact) mass is 325 g/mol. The molecule has 0 atom stereocenters. The molecule has 1 amide bonds. The third-order valence-electron chi connectivity index (χ3n) is 2.22. The predicted octanol–water partition coefficient (Wildman–Crippen LogP) is 3.33. The van der Waals surface area contributed by atoms with Crippen molar-refractivity contribution in [3.8, 4) is 0 Å². The van der Waals surface area contributed by atoms with E-state index in [1.165, 1.54) is 12.3 Å². The van der Waals surface area contributed by atoms with Crippen molar-refractivity contribution in [3.63, 3.8) is 0 Å². The zero-order valence-corrected chi connectivity index (χ0v) is 11.5. The number of amides is 1. The Morgan fingerprint density at radius 2 is 2.11 bits per heavy atom. The molecule has 0 spiro atoms. The molecule has 0 saturated carbocycles. The fourth-order valence-corrected chi connectivity index (χ4v) is 2.10. The summed E-state index contributed by atoms with van der Waals surface area (Å²) in [6, 6.07) is 8.30. The zero-order valence-electron chi connectivity index (χ0n) is 9.15. The molecule has 1 heterocycles. The van der Waals surface area contributed by atoms with Crippen molar-refractivity contribution in [3.05, 3.63) is 51.6 Å². The summed E-state index contributed by atoms with van der Waals surface area (Å²) in [4.78, 5) is 15.8. The lowest BCUT2D eigenvalue weighted by Gasteiger charge is -2.07. The van der Waals surface area contributed by atoms with E-state index in [9.17, 15) is 4.79 Å². The van der Waals surface area contributed by atoms with Crippen molar-refractivity contribution in [1.82, 2.24) is 4.98 Å². The Kier molecular flexibility index (Phi) is 3.84. The SMILES string of the molecule is Nc1cc(C(=O)Nc2ccc(Br)cc2Cl)ccn1. The first kappa shape index (κ1) is 12.9. The van der Waals surface area contributed by atoms with Crippen LogP contribution in [0.1, 0.15) is 10.4 Å². The van der Waals surface area contributed by atoms with Crippen LogP contribution < -0.4 is 11.1 Å². The first-order valence-electron chi connectivity index (χ1n) is 5.04. The number of hydrogen-bond donors (Lipinski definition) is 2. The van der Waals surface area contributed by atoms with Gasteiger partial charge in [0.2, 0.25) is 0 Å². The topological polar surface area (TPSA) is 68.0 Å². The molecule has 0 fully saturated rings. The minimum absolute atomic E-state index is 0.284. The number of carbonyl (C=O) groups is 1. The molecule has 0 radical (unpaired) electrons. The molecule has 0 aliphatic rings. The highest BCUT2D eigenvalue weighted by Crippen LogP contribution is 2.26. The van der Waals surface area contributed by atoms with Gasteiger partial charge in [-0.3, -0.25) is 4.79 Å². The van der Waals surface area contributed by atoms with E-state index in [2.05, 4.69) is 26.2 Å². The van der Waals surface area contributed by atoms with Crippen LogP contribution in [-0.2, 0) is 0 Å². The molecule has 3 N–H and O–H groups in total. The van der Waals surface area contributed by atoms with Crippen LogP contribution in [0.3, 0.4) is 0 Å². The van der Waals surface area contributed by atoms with Gasteiger partial charge in [-0.2, -0.15) is 0 Å². The summed E-state index contributed by atoms with van der Waals surface area (Å²) in [5.74, 6) is 0.0119. The molecule has 2 rings (SSSR count). The molecule has 1 aromatic carbocycles. The van der Waals surface area contributed by atoms with Gasteiger partial charge in [-0.15, -0.1) is 0 Å². The molecular formula is C12H9BrClN3O. The molecule has 1 aromatic heterocycles. The van der Waals surface area contributed by atoms with Crippen LogP contribution >= 0.6 is 27.5 Å². The standard InChI is InChI=1S/C12H9BrClN3O/c13-8-1-2-10(9(14)6-8)17-12(18)7-3-4-16-11(15)5-7/h1-6H,(H2,15,16)(H,17,18). The van der Waals surface area contributed by atoms with E-state index < -0.39 is 0 Å². The van der Waals surface area contributed by atoms with Crippen LogP contribution in [-0.4, -0.2) is 10.9 Å². The summed E-state index contributed by atoms with van der Waals surface area (Å²) in [5, 5.41) is 3.16.